The summed E-state index contributed by atoms with van der Waals surface area (Å²) in [4.78, 5) is 42.9. The van der Waals surface area contributed by atoms with Crippen LogP contribution < -0.4 is 5.32 Å². The van der Waals surface area contributed by atoms with E-state index in [2.05, 4.69) is 21.6 Å². The molecule has 1 aliphatic carbocycles. The molecule has 1 N–H and O–H groups in total. The average molecular weight is 430 g/mol. The quantitative estimate of drug-likeness (QED) is 0.639. The molecule has 0 spiro atoms. The molecule has 6 rings (SSSR count). The van der Waals surface area contributed by atoms with Crippen LogP contribution in [0.5, 0.6) is 0 Å². The summed E-state index contributed by atoms with van der Waals surface area (Å²) in [5.41, 5.74) is 5.19. The first-order chi connectivity index (χ1) is 15.5. The smallest absolute Gasteiger partial charge is 0.255 e. The van der Waals surface area contributed by atoms with Gasteiger partial charge in [-0.3, -0.25) is 24.4 Å². The van der Waals surface area contributed by atoms with Crippen LogP contribution >= 0.6 is 0 Å². The van der Waals surface area contributed by atoms with E-state index >= 15 is 0 Å². The SMILES string of the molecule is Cn1cnc(-c2ccc3c(c2)CN(C2CCC(=O)NC2=O)C3=O)c1-c1cnn(C2CC2)c1. The first-order valence-corrected chi connectivity index (χ1v) is 10.8. The Labute approximate surface area is 184 Å². The number of hydrogen-bond acceptors (Lipinski definition) is 5. The first kappa shape index (κ1) is 19.0. The summed E-state index contributed by atoms with van der Waals surface area (Å²) in [6.45, 7) is 0.343. The van der Waals surface area contributed by atoms with E-state index < -0.39 is 11.9 Å². The van der Waals surface area contributed by atoms with Gasteiger partial charge < -0.3 is 9.47 Å². The van der Waals surface area contributed by atoms with Gasteiger partial charge in [-0.25, -0.2) is 4.98 Å². The van der Waals surface area contributed by atoms with Gasteiger partial charge in [0, 0.05) is 42.9 Å². The van der Waals surface area contributed by atoms with Gasteiger partial charge >= 0.3 is 0 Å². The average Bonchev–Trinajstić information content (AvgIpc) is 3.24. The van der Waals surface area contributed by atoms with Crippen molar-refractivity contribution >= 4 is 17.7 Å². The molecule has 1 aromatic carbocycles. The predicted octanol–water partition coefficient (Wildman–Crippen LogP) is 2.05. The van der Waals surface area contributed by atoms with Gasteiger partial charge in [-0.1, -0.05) is 6.07 Å². The highest BCUT2D eigenvalue weighted by Crippen LogP contribution is 2.38. The van der Waals surface area contributed by atoms with Crippen molar-refractivity contribution < 1.29 is 14.4 Å². The number of imidazole rings is 1. The summed E-state index contributed by atoms with van der Waals surface area (Å²) >= 11 is 0. The molecular formula is C23H22N6O3. The second-order valence-corrected chi connectivity index (χ2v) is 8.76. The molecule has 2 aliphatic heterocycles. The van der Waals surface area contributed by atoms with Crippen molar-refractivity contribution in [1.82, 2.24) is 29.5 Å². The van der Waals surface area contributed by atoms with Crippen LogP contribution in [0.25, 0.3) is 22.5 Å². The van der Waals surface area contributed by atoms with Gasteiger partial charge in [0.15, 0.2) is 0 Å². The molecule has 4 heterocycles. The lowest BCUT2D eigenvalue weighted by atomic mass is 10.0. The minimum Gasteiger partial charge on any atom is -0.333 e. The fourth-order valence-electron chi connectivity index (χ4n) is 4.70. The monoisotopic (exact) mass is 430 g/mol. The number of rotatable bonds is 4. The van der Waals surface area contributed by atoms with Crippen molar-refractivity contribution in [3.63, 3.8) is 0 Å². The highest BCUT2D eigenvalue weighted by atomic mass is 16.2. The molecule has 3 amide bonds. The summed E-state index contributed by atoms with van der Waals surface area (Å²) in [5, 5.41) is 6.86. The number of piperidine rings is 1. The minimum atomic E-state index is -0.616. The van der Waals surface area contributed by atoms with Crippen LogP contribution in [0.4, 0.5) is 0 Å². The van der Waals surface area contributed by atoms with Crippen LogP contribution in [0, 0.1) is 0 Å². The Hall–Kier alpha value is -3.75. The zero-order chi connectivity index (χ0) is 22.0. The van der Waals surface area contributed by atoms with Crippen LogP contribution in [-0.2, 0) is 23.2 Å². The Morgan fingerprint density at radius 2 is 1.94 bits per heavy atom. The number of nitrogens with zero attached hydrogens (tertiary/aromatic N) is 5. The molecule has 9 nitrogen and oxygen atoms in total. The van der Waals surface area contributed by atoms with Crippen LogP contribution in [0.15, 0.2) is 36.9 Å². The molecule has 3 aromatic rings. The molecule has 162 valence electrons. The number of aryl methyl sites for hydroxylation is 1. The van der Waals surface area contributed by atoms with E-state index in [9.17, 15) is 14.4 Å². The third kappa shape index (κ3) is 2.96. The summed E-state index contributed by atoms with van der Waals surface area (Å²) < 4.78 is 4.00. The van der Waals surface area contributed by atoms with E-state index in [1.165, 1.54) is 12.8 Å². The molecule has 9 heteroatoms. The predicted molar refractivity (Wildman–Crippen MR) is 114 cm³/mol. The normalized spacial score (nSPS) is 20.6. The van der Waals surface area contributed by atoms with Gasteiger partial charge in [-0.15, -0.1) is 0 Å². The largest absolute Gasteiger partial charge is 0.333 e. The highest BCUT2D eigenvalue weighted by Gasteiger charge is 2.39. The zero-order valence-electron chi connectivity index (χ0n) is 17.6. The van der Waals surface area contributed by atoms with Crippen molar-refractivity contribution in [3.8, 4) is 22.5 Å². The lowest BCUT2D eigenvalue weighted by Gasteiger charge is -2.29. The maximum absolute atomic E-state index is 13.0. The number of aromatic nitrogens is 4. The zero-order valence-corrected chi connectivity index (χ0v) is 17.6. The molecular weight excluding hydrogens is 408 g/mol. The summed E-state index contributed by atoms with van der Waals surface area (Å²) in [6.07, 6.45) is 8.66. The topological polar surface area (TPSA) is 102 Å². The van der Waals surface area contributed by atoms with Gasteiger partial charge in [-0.2, -0.15) is 5.10 Å². The Kier molecular flexibility index (Phi) is 4.08. The number of hydrogen-bond donors (Lipinski definition) is 1. The van der Waals surface area contributed by atoms with Crippen molar-refractivity contribution in [1.29, 1.82) is 0 Å². The minimum absolute atomic E-state index is 0.173. The van der Waals surface area contributed by atoms with E-state index in [0.717, 1.165) is 28.1 Å². The Morgan fingerprint density at radius 1 is 1.09 bits per heavy atom. The second kappa shape index (κ2) is 6.88. The Balaban J connectivity index is 1.32. The number of benzene rings is 1. The lowest BCUT2D eigenvalue weighted by Crippen LogP contribution is -2.52. The van der Waals surface area contributed by atoms with Gasteiger partial charge in [0.1, 0.15) is 6.04 Å². The van der Waals surface area contributed by atoms with Crippen LogP contribution in [-0.4, -0.2) is 48.0 Å². The summed E-state index contributed by atoms with van der Waals surface area (Å²) in [7, 11) is 1.96. The van der Waals surface area contributed by atoms with E-state index in [1.54, 1.807) is 11.2 Å². The molecule has 1 saturated carbocycles. The maximum atomic E-state index is 13.0. The second-order valence-electron chi connectivity index (χ2n) is 8.76. The van der Waals surface area contributed by atoms with Crippen molar-refractivity contribution in [2.45, 2.75) is 44.3 Å². The third-order valence-electron chi connectivity index (χ3n) is 6.53. The van der Waals surface area contributed by atoms with Crippen molar-refractivity contribution in [3.05, 3.63) is 48.0 Å². The summed E-state index contributed by atoms with van der Waals surface area (Å²) in [5.74, 6) is -0.860. The van der Waals surface area contributed by atoms with Gasteiger partial charge in [0.2, 0.25) is 11.8 Å². The molecule has 3 aliphatic rings. The van der Waals surface area contributed by atoms with Gasteiger partial charge in [0.25, 0.3) is 5.91 Å². The van der Waals surface area contributed by atoms with Crippen LogP contribution in [0.2, 0.25) is 0 Å². The highest BCUT2D eigenvalue weighted by molar-refractivity contribution is 6.05. The maximum Gasteiger partial charge on any atom is 0.255 e. The van der Waals surface area contributed by atoms with Gasteiger partial charge in [0.05, 0.1) is 30.0 Å². The fraction of sp³-hybridized carbons (Fsp3) is 0.348. The van der Waals surface area contributed by atoms with Crippen molar-refractivity contribution in [2.75, 3.05) is 0 Å². The number of imide groups is 1. The van der Waals surface area contributed by atoms with E-state index in [0.29, 0.717) is 24.6 Å². The van der Waals surface area contributed by atoms with Gasteiger partial charge in [-0.05, 0) is 37.0 Å². The number of fused-ring (bicyclic) bond motifs is 1. The summed E-state index contributed by atoms with van der Waals surface area (Å²) in [6, 6.07) is 5.59. The molecule has 1 unspecified atom stereocenters. The molecule has 1 saturated heterocycles. The molecule has 2 aromatic heterocycles. The third-order valence-corrected chi connectivity index (χ3v) is 6.53. The molecule has 2 fully saturated rings. The lowest BCUT2D eigenvalue weighted by molar-refractivity contribution is -0.136. The van der Waals surface area contributed by atoms with E-state index in [-0.39, 0.29) is 18.2 Å². The van der Waals surface area contributed by atoms with Crippen LogP contribution in [0.1, 0.15) is 47.6 Å². The molecule has 1 atom stereocenters. The van der Waals surface area contributed by atoms with E-state index in [4.69, 9.17) is 0 Å². The number of carbonyl (C=O) groups is 3. The molecule has 0 bridgehead atoms. The first-order valence-electron chi connectivity index (χ1n) is 10.8. The fourth-order valence-corrected chi connectivity index (χ4v) is 4.70. The van der Waals surface area contributed by atoms with E-state index in [1.807, 2.05) is 40.7 Å². The molecule has 0 radical (unpaired) electrons. The number of carbonyl (C=O) groups excluding carboxylic acids is 3. The number of nitrogens with one attached hydrogen (secondary N) is 1. The standard InChI is InChI=1S/C23H22N6O3/c1-27-12-24-20(21(27)15-9-25-29(11-15)16-3-4-16)13-2-5-17-14(8-13)10-28(23(17)32)18-6-7-19(30)26-22(18)31/h2,5,8-9,11-12,16,18H,3-4,6-7,10H2,1H3,(H,26,30,31). The van der Waals surface area contributed by atoms with Crippen molar-refractivity contribution in [2.24, 2.45) is 7.05 Å². The Bertz CT molecular complexity index is 1280. The Morgan fingerprint density at radius 3 is 2.72 bits per heavy atom. The number of amides is 3. The van der Waals surface area contributed by atoms with Crippen LogP contribution in [0.3, 0.4) is 0 Å². The molecule has 32 heavy (non-hydrogen) atoms.